The molecule has 0 bridgehead atoms. The summed E-state index contributed by atoms with van der Waals surface area (Å²) >= 11 is 0. The van der Waals surface area contributed by atoms with Crippen LogP contribution in [-0.4, -0.2) is 17.3 Å². The van der Waals surface area contributed by atoms with Crippen LogP contribution in [0.2, 0.25) is 0 Å². The van der Waals surface area contributed by atoms with Crippen molar-refractivity contribution in [3.8, 4) is 5.40 Å². The highest BCUT2D eigenvalue weighted by Gasteiger charge is 2.21. The number of unbranched alkanes of at least 4 members (excludes halogenated alkanes) is 7. The zero-order valence-corrected chi connectivity index (χ0v) is 15.1. The highest BCUT2D eigenvalue weighted by atomic mass is 32.3. The molecule has 0 atom stereocenters. The van der Waals surface area contributed by atoms with Crippen LogP contribution in [0.1, 0.15) is 85.0 Å². The van der Waals surface area contributed by atoms with E-state index in [0.717, 1.165) is 0 Å². The SMILES string of the molecule is CCCCCCCCS(C#N)(CCCC)CCCC.N. The number of hydrogen-bond donors (Lipinski definition) is 1. The van der Waals surface area contributed by atoms with E-state index >= 15 is 0 Å². The minimum atomic E-state index is -0.946. The van der Waals surface area contributed by atoms with Crippen molar-refractivity contribution in [1.29, 1.82) is 5.26 Å². The average molecular weight is 303 g/mol. The molecule has 0 fully saturated rings. The molecule has 0 spiro atoms. The van der Waals surface area contributed by atoms with Gasteiger partial charge in [-0.25, -0.2) is 0 Å². The summed E-state index contributed by atoms with van der Waals surface area (Å²) in [6.07, 6.45) is 13.1. The van der Waals surface area contributed by atoms with Gasteiger partial charge in [-0.05, 0) is 36.5 Å². The van der Waals surface area contributed by atoms with Crippen molar-refractivity contribution in [2.45, 2.75) is 85.0 Å². The summed E-state index contributed by atoms with van der Waals surface area (Å²) < 4.78 is 0. The number of hydrogen-bond acceptors (Lipinski definition) is 2. The fraction of sp³-hybridized carbons (Fsp3) is 0.941. The Bertz CT molecular complexity index is 228. The Balaban J connectivity index is 0. The van der Waals surface area contributed by atoms with Gasteiger partial charge in [-0.1, -0.05) is 65.7 Å². The molecule has 0 rings (SSSR count). The maximum absolute atomic E-state index is 9.66. The molecule has 2 nitrogen and oxygen atoms in total. The molecule has 0 aliphatic heterocycles. The minimum absolute atomic E-state index is 0. The van der Waals surface area contributed by atoms with E-state index in [1.807, 2.05) is 0 Å². The first kappa shape index (κ1) is 22.1. The molecule has 3 N–H and O–H groups in total. The van der Waals surface area contributed by atoms with E-state index in [2.05, 4.69) is 26.2 Å². The van der Waals surface area contributed by atoms with Gasteiger partial charge in [0.15, 0.2) is 0 Å². The van der Waals surface area contributed by atoms with Crippen LogP contribution in [0.25, 0.3) is 0 Å². The topological polar surface area (TPSA) is 58.8 Å². The smallest absolute Gasteiger partial charge is 0.113 e. The molecular formula is C17H38N2S. The van der Waals surface area contributed by atoms with E-state index in [0.29, 0.717) is 0 Å². The molecule has 0 aliphatic carbocycles. The normalized spacial score (nSPS) is 11.7. The van der Waals surface area contributed by atoms with E-state index in [-0.39, 0.29) is 6.15 Å². The molecule has 0 heterocycles. The molecule has 3 heteroatoms. The van der Waals surface area contributed by atoms with Crippen molar-refractivity contribution < 1.29 is 0 Å². The van der Waals surface area contributed by atoms with Crippen LogP contribution in [0.4, 0.5) is 0 Å². The minimum Gasteiger partial charge on any atom is -0.344 e. The van der Waals surface area contributed by atoms with Gasteiger partial charge in [-0.15, -0.1) is 0 Å². The van der Waals surface area contributed by atoms with Crippen LogP contribution in [0.15, 0.2) is 0 Å². The van der Waals surface area contributed by atoms with Crippen molar-refractivity contribution in [3.05, 3.63) is 0 Å². The Morgan fingerprint density at radius 2 is 1.05 bits per heavy atom. The Hall–Kier alpha value is -0.200. The van der Waals surface area contributed by atoms with Crippen molar-refractivity contribution in [3.63, 3.8) is 0 Å². The maximum atomic E-state index is 9.66. The number of nitriles is 1. The second kappa shape index (κ2) is 15.2. The highest BCUT2D eigenvalue weighted by molar-refractivity contribution is 8.37. The van der Waals surface area contributed by atoms with Crippen molar-refractivity contribution in [1.82, 2.24) is 6.15 Å². The fourth-order valence-corrected chi connectivity index (χ4v) is 5.77. The van der Waals surface area contributed by atoms with Gasteiger partial charge < -0.3 is 6.15 Å². The molecule has 20 heavy (non-hydrogen) atoms. The van der Waals surface area contributed by atoms with Crippen molar-refractivity contribution in [2.75, 3.05) is 17.3 Å². The lowest BCUT2D eigenvalue weighted by atomic mass is 10.1. The molecule has 0 aliphatic rings. The monoisotopic (exact) mass is 302 g/mol. The Morgan fingerprint density at radius 3 is 1.50 bits per heavy atom. The third kappa shape index (κ3) is 10.6. The molecule has 0 aromatic carbocycles. The van der Waals surface area contributed by atoms with Gasteiger partial charge in [0.1, 0.15) is 5.40 Å². The average Bonchev–Trinajstić information content (AvgIpc) is 2.45. The summed E-state index contributed by atoms with van der Waals surface area (Å²) in [5.41, 5.74) is 0. The van der Waals surface area contributed by atoms with E-state index < -0.39 is 10.0 Å². The summed E-state index contributed by atoms with van der Waals surface area (Å²) in [5, 5.41) is 12.4. The molecule has 122 valence electrons. The Labute approximate surface area is 129 Å². The van der Waals surface area contributed by atoms with Gasteiger partial charge in [0.2, 0.25) is 0 Å². The zero-order valence-electron chi connectivity index (χ0n) is 14.3. The number of rotatable bonds is 13. The van der Waals surface area contributed by atoms with Crippen LogP contribution in [0.3, 0.4) is 0 Å². The molecule has 0 aromatic rings. The van der Waals surface area contributed by atoms with E-state index in [1.54, 1.807) is 0 Å². The lowest BCUT2D eigenvalue weighted by Gasteiger charge is -2.32. The lowest BCUT2D eigenvalue weighted by Crippen LogP contribution is -2.12. The molecule has 0 unspecified atom stereocenters. The lowest BCUT2D eigenvalue weighted by molar-refractivity contribution is 0.626. The Kier molecular flexibility index (Phi) is 16.8. The van der Waals surface area contributed by atoms with E-state index in [1.165, 1.54) is 81.5 Å². The van der Waals surface area contributed by atoms with Crippen LogP contribution < -0.4 is 6.15 Å². The van der Waals surface area contributed by atoms with Crippen LogP contribution in [-0.2, 0) is 0 Å². The standard InChI is InChI=1S/C17H35NS.H3N/c1-4-7-10-11-12-13-16-19(17-18,14-8-5-2)15-9-6-3;/h4-16H2,1-3H3;1H3. The fourth-order valence-electron chi connectivity index (χ4n) is 2.44. The van der Waals surface area contributed by atoms with Crippen LogP contribution in [0, 0.1) is 10.7 Å². The summed E-state index contributed by atoms with van der Waals surface area (Å²) in [6, 6.07) is 0. The van der Waals surface area contributed by atoms with Gasteiger partial charge >= 0.3 is 0 Å². The van der Waals surface area contributed by atoms with E-state index in [4.69, 9.17) is 0 Å². The molecule has 0 radical (unpaired) electrons. The second-order valence-electron chi connectivity index (χ2n) is 5.72. The number of thiocyanates is 1. The van der Waals surface area contributed by atoms with Gasteiger partial charge in [0.25, 0.3) is 0 Å². The first-order valence-electron chi connectivity index (χ1n) is 8.42. The zero-order chi connectivity index (χ0) is 14.4. The van der Waals surface area contributed by atoms with Crippen LogP contribution >= 0.6 is 10.0 Å². The van der Waals surface area contributed by atoms with E-state index in [9.17, 15) is 5.26 Å². The third-order valence-corrected chi connectivity index (χ3v) is 7.46. The van der Waals surface area contributed by atoms with Gasteiger partial charge in [0.05, 0.1) is 0 Å². The quantitative estimate of drug-likeness (QED) is 0.316. The summed E-state index contributed by atoms with van der Waals surface area (Å²) in [7, 11) is -0.946. The molecular weight excluding hydrogens is 264 g/mol. The molecule has 0 amide bonds. The highest BCUT2D eigenvalue weighted by Crippen LogP contribution is 2.49. The third-order valence-electron chi connectivity index (χ3n) is 3.86. The van der Waals surface area contributed by atoms with Crippen LogP contribution in [0.5, 0.6) is 0 Å². The van der Waals surface area contributed by atoms with Gasteiger partial charge in [-0.2, -0.15) is 15.3 Å². The summed E-state index contributed by atoms with van der Waals surface area (Å²) in [4.78, 5) is 0. The molecule has 0 saturated heterocycles. The first-order chi connectivity index (χ1) is 9.24. The summed E-state index contributed by atoms with van der Waals surface area (Å²) in [6.45, 7) is 6.75. The summed E-state index contributed by atoms with van der Waals surface area (Å²) in [5.74, 6) is 3.62. The van der Waals surface area contributed by atoms with Gasteiger partial charge in [-0.3, -0.25) is 0 Å². The van der Waals surface area contributed by atoms with Crippen molar-refractivity contribution in [2.24, 2.45) is 0 Å². The Morgan fingerprint density at radius 1 is 0.650 bits per heavy atom. The molecule has 0 aromatic heterocycles. The predicted octanol–water partition coefficient (Wildman–Crippen LogP) is 6.39. The largest absolute Gasteiger partial charge is 0.344 e. The molecule has 0 saturated carbocycles. The second-order valence-corrected chi connectivity index (χ2v) is 9.22. The number of nitrogens with zero attached hydrogens (tertiary/aromatic N) is 1. The first-order valence-corrected chi connectivity index (χ1v) is 10.6. The van der Waals surface area contributed by atoms with Gasteiger partial charge in [0, 0.05) is 0 Å². The van der Waals surface area contributed by atoms with Crippen molar-refractivity contribution >= 4 is 10.0 Å². The maximum Gasteiger partial charge on any atom is 0.113 e. The predicted molar refractivity (Wildman–Crippen MR) is 96.0 cm³/mol.